The number of fused-ring (bicyclic) bond motifs is 1. The summed E-state index contributed by atoms with van der Waals surface area (Å²) in [5.41, 5.74) is 4.32. The van der Waals surface area contributed by atoms with E-state index in [2.05, 4.69) is 39.0 Å². The van der Waals surface area contributed by atoms with Crippen LogP contribution in [0.4, 0.5) is 0 Å². The van der Waals surface area contributed by atoms with Crippen LogP contribution in [0.1, 0.15) is 69.6 Å². The van der Waals surface area contributed by atoms with E-state index in [-0.39, 0.29) is 0 Å². The van der Waals surface area contributed by atoms with Gasteiger partial charge in [0.1, 0.15) is 0 Å². The summed E-state index contributed by atoms with van der Waals surface area (Å²) in [6, 6.07) is 6.90. The Balaban J connectivity index is 1.65. The van der Waals surface area contributed by atoms with Crippen LogP contribution in [-0.4, -0.2) is 10.7 Å². The van der Waals surface area contributed by atoms with Crippen molar-refractivity contribution in [2.24, 2.45) is 11.3 Å². The molecular formula is C20H30O. The van der Waals surface area contributed by atoms with Crippen molar-refractivity contribution >= 4 is 0 Å². The largest absolute Gasteiger partial charge is 0.390 e. The fraction of sp³-hybridized carbons (Fsp3) is 0.700. The van der Waals surface area contributed by atoms with E-state index in [1.165, 1.54) is 48.8 Å². The zero-order chi connectivity index (χ0) is 15.1. The summed E-state index contributed by atoms with van der Waals surface area (Å²) in [6.07, 6.45) is 8.89. The molecule has 3 rings (SSSR count). The van der Waals surface area contributed by atoms with Crippen LogP contribution in [0.25, 0.3) is 0 Å². The molecule has 21 heavy (non-hydrogen) atoms. The van der Waals surface area contributed by atoms with Gasteiger partial charge in [0.25, 0.3) is 0 Å². The van der Waals surface area contributed by atoms with Crippen molar-refractivity contribution in [1.82, 2.24) is 0 Å². The molecule has 1 saturated carbocycles. The Bertz CT molecular complexity index is 501. The molecular weight excluding hydrogens is 256 g/mol. The molecule has 0 aliphatic heterocycles. The zero-order valence-electron chi connectivity index (χ0n) is 13.9. The summed E-state index contributed by atoms with van der Waals surface area (Å²) in [5, 5.41) is 11.0. The smallest absolute Gasteiger partial charge is 0.0688 e. The minimum absolute atomic E-state index is 0.384. The molecule has 1 N–H and O–H groups in total. The van der Waals surface area contributed by atoms with Crippen molar-refractivity contribution in [3.63, 3.8) is 0 Å². The van der Waals surface area contributed by atoms with Crippen LogP contribution in [0.5, 0.6) is 0 Å². The molecule has 0 amide bonds. The summed E-state index contributed by atoms with van der Waals surface area (Å²) < 4.78 is 0. The van der Waals surface area contributed by atoms with Crippen molar-refractivity contribution in [3.05, 3.63) is 34.9 Å². The first-order valence-electron chi connectivity index (χ1n) is 8.69. The van der Waals surface area contributed by atoms with E-state index in [4.69, 9.17) is 0 Å². The van der Waals surface area contributed by atoms with Crippen molar-refractivity contribution in [3.8, 4) is 0 Å². The van der Waals surface area contributed by atoms with Gasteiger partial charge < -0.3 is 5.11 Å². The minimum atomic E-state index is -0.464. The van der Waals surface area contributed by atoms with E-state index in [1.54, 1.807) is 0 Å². The van der Waals surface area contributed by atoms with Gasteiger partial charge in [0.2, 0.25) is 0 Å². The first kappa shape index (κ1) is 15.1. The number of aryl methyl sites for hydroxylation is 2. The Morgan fingerprint density at radius 3 is 2.43 bits per heavy atom. The van der Waals surface area contributed by atoms with E-state index < -0.39 is 5.60 Å². The second-order valence-electron chi connectivity index (χ2n) is 8.50. The first-order chi connectivity index (χ1) is 9.86. The predicted molar refractivity (Wildman–Crippen MR) is 88.5 cm³/mol. The molecule has 0 spiro atoms. The van der Waals surface area contributed by atoms with Gasteiger partial charge in [-0.3, -0.25) is 0 Å². The highest BCUT2D eigenvalue weighted by molar-refractivity contribution is 5.35. The second kappa shape index (κ2) is 5.43. The topological polar surface area (TPSA) is 20.2 Å². The van der Waals surface area contributed by atoms with Crippen molar-refractivity contribution in [2.75, 3.05) is 0 Å². The van der Waals surface area contributed by atoms with Crippen molar-refractivity contribution in [2.45, 2.75) is 77.7 Å². The summed E-state index contributed by atoms with van der Waals surface area (Å²) in [6.45, 7) is 7.01. The van der Waals surface area contributed by atoms with Gasteiger partial charge in [-0.1, -0.05) is 39.0 Å². The molecule has 0 saturated heterocycles. The van der Waals surface area contributed by atoms with E-state index in [9.17, 15) is 5.11 Å². The monoisotopic (exact) mass is 286 g/mol. The first-order valence-corrected chi connectivity index (χ1v) is 8.69. The molecule has 1 fully saturated rings. The maximum Gasteiger partial charge on any atom is 0.0688 e. The van der Waals surface area contributed by atoms with Crippen molar-refractivity contribution < 1.29 is 5.11 Å². The number of benzene rings is 1. The molecule has 2 aliphatic rings. The summed E-state index contributed by atoms with van der Waals surface area (Å²) in [4.78, 5) is 0. The molecule has 1 aromatic carbocycles. The Hall–Kier alpha value is -0.820. The summed E-state index contributed by atoms with van der Waals surface area (Å²) in [5.74, 6) is 0.762. The number of aliphatic hydroxyl groups is 1. The number of hydrogen-bond acceptors (Lipinski definition) is 1. The highest BCUT2D eigenvalue weighted by Gasteiger charge is 2.37. The van der Waals surface area contributed by atoms with Gasteiger partial charge in [0, 0.05) is 6.42 Å². The van der Waals surface area contributed by atoms with E-state index in [0.717, 1.165) is 25.2 Å². The molecule has 2 aliphatic carbocycles. The molecule has 0 atom stereocenters. The normalized spacial score (nSPS) is 29.4. The van der Waals surface area contributed by atoms with Gasteiger partial charge in [-0.05, 0) is 73.0 Å². The molecule has 1 nitrogen and oxygen atoms in total. The van der Waals surface area contributed by atoms with E-state index >= 15 is 0 Å². The Morgan fingerprint density at radius 1 is 1.10 bits per heavy atom. The Morgan fingerprint density at radius 2 is 1.76 bits per heavy atom. The SMILES string of the molecule is CC(C)(C)C1CCC(O)(Cc2ccc3c(c2)CCC3)CC1. The van der Waals surface area contributed by atoms with E-state index in [1.807, 2.05) is 0 Å². The molecule has 0 bridgehead atoms. The van der Waals surface area contributed by atoms with Crippen LogP contribution in [-0.2, 0) is 19.3 Å². The van der Waals surface area contributed by atoms with Gasteiger partial charge in [-0.15, -0.1) is 0 Å². The van der Waals surface area contributed by atoms with Crippen LogP contribution in [0, 0.1) is 11.3 Å². The van der Waals surface area contributed by atoms with Gasteiger partial charge in [-0.2, -0.15) is 0 Å². The van der Waals surface area contributed by atoms with Crippen LogP contribution in [0.3, 0.4) is 0 Å². The maximum atomic E-state index is 11.0. The number of hydrogen-bond donors (Lipinski definition) is 1. The molecule has 0 heterocycles. The lowest BCUT2D eigenvalue weighted by Crippen LogP contribution is -2.39. The van der Waals surface area contributed by atoms with Gasteiger partial charge >= 0.3 is 0 Å². The van der Waals surface area contributed by atoms with Crippen LogP contribution >= 0.6 is 0 Å². The lowest BCUT2D eigenvalue weighted by atomic mass is 9.67. The van der Waals surface area contributed by atoms with Gasteiger partial charge in [0.15, 0.2) is 0 Å². The third kappa shape index (κ3) is 3.34. The van der Waals surface area contributed by atoms with Crippen molar-refractivity contribution in [1.29, 1.82) is 0 Å². The molecule has 0 radical (unpaired) electrons. The Kier molecular flexibility index (Phi) is 3.90. The minimum Gasteiger partial charge on any atom is -0.390 e. The van der Waals surface area contributed by atoms with Gasteiger partial charge in [0.05, 0.1) is 5.60 Å². The molecule has 116 valence electrons. The van der Waals surface area contributed by atoms with Crippen LogP contribution in [0.2, 0.25) is 0 Å². The maximum absolute atomic E-state index is 11.0. The lowest BCUT2D eigenvalue weighted by molar-refractivity contribution is -0.0245. The average Bonchev–Trinajstić information content (AvgIpc) is 2.85. The summed E-state index contributed by atoms with van der Waals surface area (Å²) >= 11 is 0. The quantitative estimate of drug-likeness (QED) is 0.836. The fourth-order valence-electron chi connectivity index (χ4n) is 4.31. The molecule has 1 heteroatoms. The molecule has 1 aromatic rings. The third-order valence-electron chi connectivity index (χ3n) is 5.84. The van der Waals surface area contributed by atoms with Gasteiger partial charge in [-0.25, -0.2) is 0 Å². The Labute approximate surface area is 129 Å². The van der Waals surface area contributed by atoms with Crippen LogP contribution < -0.4 is 0 Å². The van der Waals surface area contributed by atoms with Crippen LogP contribution in [0.15, 0.2) is 18.2 Å². The summed E-state index contributed by atoms with van der Waals surface area (Å²) in [7, 11) is 0. The molecule has 0 unspecified atom stereocenters. The highest BCUT2D eigenvalue weighted by atomic mass is 16.3. The standard InChI is InChI=1S/C20H30O/c1-19(2,3)18-9-11-20(21,12-10-18)14-15-7-8-16-5-4-6-17(16)13-15/h7-8,13,18,21H,4-6,9-12,14H2,1-3H3. The third-order valence-corrected chi connectivity index (χ3v) is 5.84. The second-order valence-corrected chi connectivity index (χ2v) is 8.50. The van der Waals surface area contributed by atoms with E-state index in [0.29, 0.717) is 5.41 Å². The average molecular weight is 286 g/mol. The lowest BCUT2D eigenvalue weighted by Gasteiger charge is -2.41. The zero-order valence-corrected chi connectivity index (χ0v) is 13.9. The fourth-order valence-corrected chi connectivity index (χ4v) is 4.31. The highest BCUT2D eigenvalue weighted by Crippen LogP contribution is 2.42. The molecule has 0 aromatic heterocycles. The predicted octanol–water partition coefficient (Wildman–Crippen LogP) is 4.69. The number of rotatable bonds is 2.